The van der Waals surface area contributed by atoms with Crippen molar-refractivity contribution in [3.63, 3.8) is 0 Å². The van der Waals surface area contributed by atoms with Gasteiger partial charge in [-0.3, -0.25) is 4.79 Å². The summed E-state index contributed by atoms with van der Waals surface area (Å²) in [4.78, 5) is 12.0. The molecule has 3 heteroatoms. The van der Waals surface area contributed by atoms with E-state index in [-0.39, 0.29) is 11.8 Å². The summed E-state index contributed by atoms with van der Waals surface area (Å²) < 4.78 is 0. The van der Waals surface area contributed by atoms with Crippen molar-refractivity contribution in [2.45, 2.75) is 31.6 Å². The second-order valence-electron chi connectivity index (χ2n) is 5.43. The van der Waals surface area contributed by atoms with Crippen LogP contribution in [0.1, 0.15) is 37.2 Å². The molecule has 1 atom stereocenters. The highest BCUT2D eigenvalue weighted by molar-refractivity contribution is 5.92. The van der Waals surface area contributed by atoms with E-state index in [2.05, 4.69) is 22.8 Å². The fourth-order valence-corrected chi connectivity index (χ4v) is 2.58. The first-order valence-corrected chi connectivity index (χ1v) is 6.94. The van der Waals surface area contributed by atoms with Gasteiger partial charge in [-0.15, -0.1) is 0 Å². The Labute approximate surface area is 108 Å². The van der Waals surface area contributed by atoms with Gasteiger partial charge in [-0.1, -0.05) is 12.1 Å². The molecule has 1 aliphatic carbocycles. The van der Waals surface area contributed by atoms with E-state index in [1.54, 1.807) is 0 Å². The molecule has 0 bridgehead atoms. The van der Waals surface area contributed by atoms with Crippen molar-refractivity contribution >= 4 is 11.6 Å². The molecule has 0 aromatic heterocycles. The van der Waals surface area contributed by atoms with Crippen molar-refractivity contribution in [3.8, 4) is 0 Å². The average molecular weight is 244 g/mol. The molecular weight excluding hydrogens is 224 g/mol. The summed E-state index contributed by atoms with van der Waals surface area (Å²) in [5.74, 6) is 1.06. The summed E-state index contributed by atoms with van der Waals surface area (Å²) in [6.45, 7) is 1.85. The standard InChI is InChI=1S/C15H20N2O/c18-15(13-2-1-9-16-10-13)17-14-7-5-12(6-8-14)11-3-4-11/h5-8,11,13,16H,1-4,9-10H2,(H,17,18)/t13-/m0/s1. The van der Waals surface area contributed by atoms with Crippen LogP contribution in [0.15, 0.2) is 24.3 Å². The third-order valence-corrected chi connectivity index (χ3v) is 3.89. The van der Waals surface area contributed by atoms with E-state index in [1.807, 2.05) is 12.1 Å². The van der Waals surface area contributed by atoms with Gasteiger partial charge in [0.2, 0.25) is 5.91 Å². The number of benzene rings is 1. The Bertz CT molecular complexity index is 417. The zero-order chi connectivity index (χ0) is 12.4. The number of anilines is 1. The molecule has 2 fully saturated rings. The lowest BCUT2D eigenvalue weighted by molar-refractivity contribution is -0.120. The van der Waals surface area contributed by atoms with Gasteiger partial charge in [0.1, 0.15) is 0 Å². The Morgan fingerprint density at radius 2 is 1.94 bits per heavy atom. The Hall–Kier alpha value is -1.35. The minimum Gasteiger partial charge on any atom is -0.326 e. The van der Waals surface area contributed by atoms with E-state index >= 15 is 0 Å². The first-order chi connectivity index (χ1) is 8.83. The van der Waals surface area contributed by atoms with Crippen LogP contribution in [0.25, 0.3) is 0 Å². The van der Waals surface area contributed by atoms with Gasteiger partial charge in [-0.2, -0.15) is 0 Å². The van der Waals surface area contributed by atoms with E-state index in [4.69, 9.17) is 0 Å². The summed E-state index contributed by atoms with van der Waals surface area (Å²) in [6.07, 6.45) is 4.73. The van der Waals surface area contributed by atoms with Crippen LogP contribution in [0.3, 0.4) is 0 Å². The highest BCUT2D eigenvalue weighted by Crippen LogP contribution is 2.40. The number of carbonyl (C=O) groups excluding carboxylic acids is 1. The predicted octanol–water partition coefficient (Wildman–Crippen LogP) is 2.50. The third-order valence-electron chi connectivity index (χ3n) is 3.89. The lowest BCUT2D eigenvalue weighted by Crippen LogP contribution is -2.37. The van der Waals surface area contributed by atoms with Crippen molar-refractivity contribution < 1.29 is 4.79 Å². The maximum atomic E-state index is 12.0. The number of nitrogens with one attached hydrogen (secondary N) is 2. The summed E-state index contributed by atoms with van der Waals surface area (Å²) in [5.41, 5.74) is 2.34. The smallest absolute Gasteiger partial charge is 0.228 e. The summed E-state index contributed by atoms with van der Waals surface area (Å²) >= 11 is 0. The molecule has 1 saturated heterocycles. The van der Waals surface area contributed by atoms with Crippen LogP contribution in [0.4, 0.5) is 5.69 Å². The molecule has 1 aromatic carbocycles. The highest BCUT2D eigenvalue weighted by atomic mass is 16.1. The van der Waals surface area contributed by atoms with E-state index in [0.717, 1.165) is 37.5 Å². The molecule has 0 spiro atoms. The summed E-state index contributed by atoms with van der Waals surface area (Å²) in [7, 11) is 0. The van der Waals surface area contributed by atoms with Crippen molar-refractivity contribution in [1.82, 2.24) is 5.32 Å². The molecule has 1 aromatic rings. The van der Waals surface area contributed by atoms with Crippen LogP contribution in [0.5, 0.6) is 0 Å². The van der Waals surface area contributed by atoms with Gasteiger partial charge < -0.3 is 10.6 Å². The van der Waals surface area contributed by atoms with E-state index < -0.39 is 0 Å². The lowest BCUT2D eigenvalue weighted by atomic mass is 9.99. The zero-order valence-electron chi connectivity index (χ0n) is 10.6. The number of carbonyl (C=O) groups is 1. The zero-order valence-corrected chi connectivity index (χ0v) is 10.6. The SMILES string of the molecule is O=C(Nc1ccc(C2CC2)cc1)[C@H]1CCCNC1. The van der Waals surface area contributed by atoms with Crippen LogP contribution in [-0.4, -0.2) is 19.0 Å². The van der Waals surface area contributed by atoms with Gasteiger partial charge in [0, 0.05) is 12.2 Å². The fourth-order valence-electron chi connectivity index (χ4n) is 2.58. The molecule has 2 N–H and O–H groups in total. The van der Waals surface area contributed by atoms with Gasteiger partial charge in [-0.25, -0.2) is 0 Å². The molecule has 2 aliphatic rings. The molecule has 3 rings (SSSR count). The van der Waals surface area contributed by atoms with Gasteiger partial charge in [0.15, 0.2) is 0 Å². The van der Waals surface area contributed by atoms with Crippen LogP contribution >= 0.6 is 0 Å². The number of rotatable bonds is 3. The quantitative estimate of drug-likeness (QED) is 0.857. The Balaban J connectivity index is 1.59. The van der Waals surface area contributed by atoms with E-state index in [0.29, 0.717) is 0 Å². The Morgan fingerprint density at radius 3 is 2.56 bits per heavy atom. The largest absolute Gasteiger partial charge is 0.326 e. The Kier molecular flexibility index (Phi) is 3.33. The minimum atomic E-state index is 0.127. The number of hydrogen-bond donors (Lipinski definition) is 2. The molecule has 1 aliphatic heterocycles. The van der Waals surface area contributed by atoms with Crippen molar-refractivity contribution in [2.24, 2.45) is 5.92 Å². The summed E-state index contributed by atoms with van der Waals surface area (Å²) in [5, 5.41) is 6.29. The molecular formula is C15H20N2O. The third kappa shape index (κ3) is 2.72. The number of amides is 1. The highest BCUT2D eigenvalue weighted by Gasteiger charge is 2.23. The van der Waals surface area contributed by atoms with E-state index in [1.165, 1.54) is 18.4 Å². The number of piperidine rings is 1. The van der Waals surface area contributed by atoms with Crippen molar-refractivity contribution in [1.29, 1.82) is 0 Å². The lowest BCUT2D eigenvalue weighted by Gasteiger charge is -2.21. The second-order valence-corrected chi connectivity index (χ2v) is 5.43. The van der Waals surface area contributed by atoms with Crippen LogP contribution in [-0.2, 0) is 4.79 Å². The second kappa shape index (κ2) is 5.11. The van der Waals surface area contributed by atoms with Gasteiger partial charge in [0.25, 0.3) is 0 Å². The molecule has 3 nitrogen and oxygen atoms in total. The maximum Gasteiger partial charge on any atom is 0.228 e. The normalized spacial score (nSPS) is 23.7. The molecule has 18 heavy (non-hydrogen) atoms. The van der Waals surface area contributed by atoms with Crippen LogP contribution in [0, 0.1) is 5.92 Å². The first kappa shape index (κ1) is 11.7. The van der Waals surface area contributed by atoms with Crippen LogP contribution in [0.2, 0.25) is 0 Å². The molecule has 0 unspecified atom stereocenters. The topological polar surface area (TPSA) is 41.1 Å². The monoisotopic (exact) mass is 244 g/mol. The van der Waals surface area contributed by atoms with Crippen molar-refractivity contribution in [3.05, 3.63) is 29.8 Å². The van der Waals surface area contributed by atoms with Gasteiger partial charge in [-0.05, 0) is 55.8 Å². The minimum absolute atomic E-state index is 0.127. The molecule has 0 radical (unpaired) electrons. The Morgan fingerprint density at radius 1 is 1.17 bits per heavy atom. The summed E-state index contributed by atoms with van der Waals surface area (Å²) in [6, 6.07) is 8.35. The molecule has 1 amide bonds. The van der Waals surface area contributed by atoms with Crippen molar-refractivity contribution in [2.75, 3.05) is 18.4 Å². The fraction of sp³-hybridized carbons (Fsp3) is 0.533. The van der Waals surface area contributed by atoms with Gasteiger partial charge in [0.05, 0.1) is 5.92 Å². The van der Waals surface area contributed by atoms with Crippen LogP contribution < -0.4 is 10.6 Å². The average Bonchev–Trinajstić information content (AvgIpc) is 3.25. The van der Waals surface area contributed by atoms with E-state index in [9.17, 15) is 4.79 Å². The molecule has 1 saturated carbocycles. The predicted molar refractivity (Wildman–Crippen MR) is 72.6 cm³/mol. The van der Waals surface area contributed by atoms with Gasteiger partial charge >= 0.3 is 0 Å². The first-order valence-electron chi connectivity index (χ1n) is 6.94. The molecule has 96 valence electrons. The maximum absolute atomic E-state index is 12.0. The molecule has 1 heterocycles. The number of hydrogen-bond acceptors (Lipinski definition) is 2.